The number of anilines is 1. The molecule has 0 spiro atoms. The van der Waals surface area contributed by atoms with Crippen LogP contribution in [0.1, 0.15) is 18.4 Å². The molecule has 2 N–H and O–H groups in total. The molecule has 20 heavy (non-hydrogen) atoms. The van der Waals surface area contributed by atoms with Crippen molar-refractivity contribution in [2.75, 3.05) is 18.4 Å². The number of hydrogen-bond acceptors (Lipinski definition) is 2. The van der Waals surface area contributed by atoms with Crippen molar-refractivity contribution in [2.24, 2.45) is 5.92 Å². The van der Waals surface area contributed by atoms with Gasteiger partial charge in [0.1, 0.15) is 0 Å². The van der Waals surface area contributed by atoms with Crippen LogP contribution in [0.2, 0.25) is 5.02 Å². The van der Waals surface area contributed by atoms with Crippen LogP contribution in [-0.2, 0) is 4.79 Å². The molecule has 0 aliphatic carbocycles. The van der Waals surface area contributed by atoms with Gasteiger partial charge in [-0.1, -0.05) is 11.6 Å². The number of nitrogens with zero attached hydrogens (tertiary/aromatic N) is 1. The lowest BCUT2D eigenvalue weighted by Gasteiger charge is -2.29. The molecule has 0 atom stereocenters. The van der Waals surface area contributed by atoms with E-state index in [0.29, 0.717) is 31.0 Å². The van der Waals surface area contributed by atoms with Gasteiger partial charge in [-0.2, -0.15) is 0 Å². The Morgan fingerprint density at radius 3 is 2.55 bits per heavy atom. The molecule has 5 nitrogen and oxygen atoms in total. The van der Waals surface area contributed by atoms with E-state index >= 15 is 0 Å². The SMILES string of the molecule is Cc1cc(NC(=O)C2CCN(C(=O)O)CC2)ccc1Cl. The molecule has 0 unspecified atom stereocenters. The average Bonchev–Trinajstić information content (AvgIpc) is 2.43. The maximum atomic E-state index is 12.1. The predicted molar refractivity (Wildman–Crippen MR) is 77.1 cm³/mol. The number of hydrogen-bond donors (Lipinski definition) is 2. The van der Waals surface area contributed by atoms with Crippen molar-refractivity contribution in [2.45, 2.75) is 19.8 Å². The number of carbonyl (C=O) groups is 2. The molecule has 2 rings (SSSR count). The second-order valence-corrected chi connectivity index (χ2v) is 5.40. The third kappa shape index (κ3) is 3.42. The minimum atomic E-state index is -0.919. The first-order valence-corrected chi connectivity index (χ1v) is 6.90. The van der Waals surface area contributed by atoms with Crippen LogP contribution in [-0.4, -0.2) is 35.1 Å². The van der Waals surface area contributed by atoms with Crippen molar-refractivity contribution >= 4 is 29.3 Å². The molecule has 108 valence electrons. The van der Waals surface area contributed by atoms with E-state index in [-0.39, 0.29) is 11.8 Å². The van der Waals surface area contributed by atoms with E-state index in [1.807, 2.05) is 13.0 Å². The maximum Gasteiger partial charge on any atom is 0.407 e. The maximum absolute atomic E-state index is 12.1. The molecule has 1 fully saturated rings. The highest BCUT2D eigenvalue weighted by molar-refractivity contribution is 6.31. The molecular formula is C14H17ClN2O3. The number of aryl methyl sites for hydroxylation is 1. The number of nitrogens with one attached hydrogen (secondary N) is 1. The Morgan fingerprint density at radius 1 is 1.35 bits per heavy atom. The Hall–Kier alpha value is -1.75. The lowest BCUT2D eigenvalue weighted by atomic mass is 9.96. The van der Waals surface area contributed by atoms with Gasteiger partial charge in [0.15, 0.2) is 0 Å². The summed E-state index contributed by atoms with van der Waals surface area (Å²) in [7, 11) is 0. The Bertz CT molecular complexity index is 525. The fraction of sp³-hybridized carbons (Fsp3) is 0.429. The fourth-order valence-corrected chi connectivity index (χ4v) is 2.42. The van der Waals surface area contributed by atoms with Gasteiger partial charge in [0.05, 0.1) is 0 Å². The van der Waals surface area contributed by atoms with Gasteiger partial charge in [-0.15, -0.1) is 0 Å². The average molecular weight is 297 g/mol. The van der Waals surface area contributed by atoms with E-state index in [1.54, 1.807) is 12.1 Å². The lowest BCUT2D eigenvalue weighted by Crippen LogP contribution is -2.40. The number of halogens is 1. The zero-order valence-corrected chi connectivity index (χ0v) is 12.0. The number of carbonyl (C=O) groups excluding carboxylic acids is 1. The quantitative estimate of drug-likeness (QED) is 0.881. The van der Waals surface area contributed by atoms with E-state index < -0.39 is 6.09 Å². The monoisotopic (exact) mass is 296 g/mol. The Balaban J connectivity index is 1.92. The van der Waals surface area contributed by atoms with Crippen molar-refractivity contribution in [1.82, 2.24) is 4.90 Å². The van der Waals surface area contributed by atoms with Crippen molar-refractivity contribution in [3.05, 3.63) is 28.8 Å². The molecule has 1 heterocycles. The molecule has 0 aromatic heterocycles. The minimum Gasteiger partial charge on any atom is -0.465 e. The van der Waals surface area contributed by atoms with E-state index in [4.69, 9.17) is 16.7 Å². The molecule has 1 aliphatic heterocycles. The highest BCUT2D eigenvalue weighted by atomic mass is 35.5. The van der Waals surface area contributed by atoms with Crippen LogP contribution in [0.4, 0.5) is 10.5 Å². The molecule has 1 aliphatic rings. The summed E-state index contributed by atoms with van der Waals surface area (Å²) >= 11 is 5.94. The van der Waals surface area contributed by atoms with Gasteiger partial charge < -0.3 is 15.3 Å². The van der Waals surface area contributed by atoms with Gasteiger partial charge in [0.2, 0.25) is 5.91 Å². The van der Waals surface area contributed by atoms with Gasteiger partial charge >= 0.3 is 6.09 Å². The molecular weight excluding hydrogens is 280 g/mol. The van der Waals surface area contributed by atoms with Crippen molar-refractivity contribution < 1.29 is 14.7 Å². The molecule has 1 aromatic rings. The molecule has 0 saturated carbocycles. The Kier molecular flexibility index (Phi) is 4.49. The third-order valence-corrected chi connectivity index (χ3v) is 3.99. The highest BCUT2D eigenvalue weighted by Crippen LogP contribution is 2.22. The number of amides is 2. The summed E-state index contributed by atoms with van der Waals surface area (Å²) in [4.78, 5) is 24.3. The Morgan fingerprint density at radius 2 is 2.00 bits per heavy atom. The topological polar surface area (TPSA) is 69.6 Å². The molecule has 1 saturated heterocycles. The van der Waals surface area contributed by atoms with Gasteiger partial charge in [-0.25, -0.2) is 4.79 Å². The highest BCUT2D eigenvalue weighted by Gasteiger charge is 2.27. The molecule has 6 heteroatoms. The Labute approximate surface area is 122 Å². The van der Waals surface area contributed by atoms with Gasteiger partial charge in [0, 0.05) is 29.7 Å². The van der Waals surface area contributed by atoms with Crippen LogP contribution in [0, 0.1) is 12.8 Å². The second-order valence-electron chi connectivity index (χ2n) is 5.00. The summed E-state index contributed by atoms with van der Waals surface area (Å²) in [6.07, 6.45) is 0.201. The number of benzene rings is 1. The number of piperidine rings is 1. The summed E-state index contributed by atoms with van der Waals surface area (Å²) in [5.74, 6) is -0.196. The number of likely N-dealkylation sites (tertiary alicyclic amines) is 1. The van der Waals surface area contributed by atoms with Gasteiger partial charge in [0.25, 0.3) is 0 Å². The van der Waals surface area contributed by atoms with Crippen molar-refractivity contribution in [3.8, 4) is 0 Å². The van der Waals surface area contributed by atoms with E-state index in [1.165, 1.54) is 4.90 Å². The number of rotatable bonds is 2. The second kappa shape index (κ2) is 6.13. The zero-order valence-electron chi connectivity index (χ0n) is 11.2. The van der Waals surface area contributed by atoms with E-state index in [2.05, 4.69) is 5.32 Å². The van der Waals surface area contributed by atoms with Gasteiger partial charge in [-0.05, 0) is 43.5 Å². The van der Waals surface area contributed by atoms with Crippen LogP contribution in [0.5, 0.6) is 0 Å². The predicted octanol–water partition coefficient (Wildman–Crippen LogP) is 2.98. The summed E-state index contributed by atoms with van der Waals surface area (Å²) in [6, 6.07) is 5.34. The molecule has 0 radical (unpaired) electrons. The minimum absolute atomic E-state index is 0.0586. The summed E-state index contributed by atoms with van der Waals surface area (Å²) in [5.41, 5.74) is 1.63. The fourth-order valence-electron chi connectivity index (χ4n) is 2.30. The van der Waals surface area contributed by atoms with Crippen LogP contribution in [0.15, 0.2) is 18.2 Å². The first-order chi connectivity index (χ1) is 9.47. The summed E-state index contributed by atoms with van der Waals surface area (Å²) in [6.45, 7) is 2.70. The molecule has 1 aromatic carbocycles. The van der Waals surface area contributed by atoms with Crippen LogP contribution < -0.4 is 5.32 Å². The lowest BCUT2D eigenvalue weighted by molar-refractivity contribution is -0.121. The van der Waals surface area contributed by atoms with Crippen LogP contribution in [0.25, 0.3) is 0 Å². The largest absolute Gasteiger partial charge is 0.465 e. The van der Waals surface area contributed by atoms with Crippen molar-refractivity contribution in [1.29, 1.82) is 0 Å². The first-order valence-electron chi connectivity index (χ1n) is 6.52. The van der Waals surface area contributed by atoms with E-state index in [0.717, 1.165) is 11.3 Å². The summed E-state index contributed by atoms with van der Waals surface area (Å²) < 4.78 is 0. The normalized spacial score (nSPS) is 16.0. The molecule has 0 bridgehead atoms. The van der Waals surface area contributed by atoms with Crippen molar-refractivity contribution in [3.63, 3.8) is 0 Å². The zero-order chi connectivity index (χ0) is 14.7. The standard InChI is InChI=1S/C14H17ClN2O3/c1-9-8-11(2-3-12(9)15)16-13(18)10-4-6-17(7-5-10)14(19)20/h2-3,8,10H,4-7H2,1H3,(H,16,18)(H,19,20). The summed E-state index contributed by atoms with van der Waals surface area (Å²) in [5, 5.41) is 12.4. The first kappa shape index (κ1) is 14.7. The smallest absolute Gasteiger partial charge is 0.407 e. The van der Waals surface area contributed by atoms with Gasteiger partial charge in [-0.3, -0.25) is 4.79 Å². The number of carboxylic acid groups (broad SMARTS) is 1. The van der Waals surface area contributed by atoms with Crippen LogP contribution >= 0.6 is 11.6 Å². The third-order valence-electron chi connectivity index (χ3n) is 3.56. The van der Waals surface area contributed by atoms with Crippen LogP contribution in [0.3, 0.4) is 0 Å². The molecule has 2 amide bonds. The van der Waals surface area contributed by atoms with E-state index in [9.17, 15) is 9.59 Å².